The number of hydrogen-bond donors (Lipinski definition) is 2. The molecule has 6 nitrogen and oxygen atoms in total. The number of carbonyl (C=O) groups excluding carboxylic acids is 1. The molecule has 3 rings (SSSR count). The van der Waals surface area contributed by atoms with Crippen molar-refractivity contribution in [3.05, 3.63) is 64.4 Å². The first-order chi connectivity index (χ1) is 13.7. The van der Waals surface area contributed by atoms with E-state index in [4.69, 9.17) is 4.74 Å². The Morgan fingerprint density at radius 1 is 1.34 bits per heavy atom. The van der Waals surface area contributed by atoms with Crippen LogP contribution >= 0.6 is 35.3 Å². The Labute approximate surface area is 193 Å². The molecule has 0 saturated carbocycles. The van der Waals surface area contributed by atoms with Gasteiger partial charge in [-0.05, 0) is 29.5 Å². The predicted octanol–water partition coefficient (Wildman–Crippen LogP) is 3.18. The first-order valence-electron chi connectivity index (χ1n) is 9.30. The molecule has 2 N–H and O–H groups in total. The lowest BCUT2D eigenvalue weighted by Crippen LogP contribution is -2.45. The summed E-state index contributed by atoms with van der Waals surface area (Å²) >= 11 is 1.77. The van der Waals surface area contributed by atoms with E-state index in [1.165, 1.54) is 10.4 Å². The fourth-order valence-corrected chi connectivity index (χ4v) is 3.96. The molecular weight excluding hydrogens is 499 g/mol. The second kappa shape index (κ2) is 11.8. The third kappa shape index (κ3) is 6.46. The molecule has 1 aromatic carbocycles. The molecule has 0 saturated heterocycles. The number of aliphatic imine (C=N–C) groups is 1. The highest BCUT2D eigenvalue weighted by atomic mass is 127. The molecule has 0 radical (unpaired) electrons. The summed E-state index contributed by atoms with van der Waals surface area (Å²) in [6.07, 6.45) is 2.66. The molecule has 0 unspecified atom stereocenters. The van der Waals surface area contributed by atoms with Crippen molar-refractivity contribution in [3.8, 4) is 5.75 Å². The summed E-state index contributed by atoms with van der Waals surface area (Å²) in [4.78, 5) is 20.1. The first-order valence-corrected chi connectivity index (χ1v) is 10.2. The molecule has 29 heavy (non-hydrogen) atoms. The highest BCUT2D eigenvalue weighted by molar-refractivity contribution is 14.0. The van der Waals surface area contributed by atoms with Gasteiger partial charge in [-0.2, -0.15) is 0 Å². The molecular formula is C21H27IN4O2S. The molecule has 1 amide bonds. The zero-order valence-corrected chi connectivity index (χ0v) is 19.7. The second-order valence-electron chi connectivity index (χ2n) is 6.42. The van der Waals surface area contributed by atoms with Crippen molar-refractivity contribution >= 4 is 47.2 Å². The van der Waals surface area contributed by atoms with E-state index >= 15 is 0 Å². The Bertz CT molecular complexity index is 853. The number of rotatable bonds is 7. The van der Waals surface area contributed by atoms with Crippen molar-refractivity contribution in [2.24, 2.45) is 4.99 Å². The fraction of sp³-hybridized carbons (Fsp3) is 0.333. The van der Waals surface area contributed by atoms with Crippen LogP contribution in [0, 0.1) is 0 Å². The van der Waals surface area contributed by atoms with Gasteiger partial charge in [-0.25, -0.2) is 0 Å². The molecule has 1 aliphatic rings. The van der Waals surface area contributed by atoms with Gasteiger partial charge in [-0.15, -0.1) is 35.3 Å². The number of halogens is 1. The van der Waals surface area contributed by atoms with Gasteiger partial charge in [0.25, 0.3) is 0 Å². The lowest BCUT2D eigenvalue weighted by atomic mass is 10.1. The minimum atomic E-state index is 0. The van der Waals surface area contributed by atoms with E-state index in [0.29, 0.717) is 25.7 Å². The van der Waals surface area contributed by atoms with Crippen molar-refractivity contribution in [3.63, 3.8) is 0 Å². The maximum Gasteiger partial charge on any atom is 0.242 e. The number of hydrogen-bond acceptors (Lipinski definition) is 4. The lowest BCUT2D eigenvalue weighted by molar-refractivity contribution is -0.130. The molecule has 0 aliphatic carbocycles. The van der Waals surface area contributed by atoms with Gasteiger partial charge in [0.15, 0.2) is 5.96 Å². The van der Waals surface area contributed by atoms with E-state index in [1.54, 1.807) is 24.5 Å². The number of carbonyl (C=O) groups is 1. The van der Waals surface area contributed by atoms with Gasteiger partial charge in [-0.3, -0.25) is 9.79 Å². The standard InChI is InChI=1S/C21H26N4O2S.HI/c1-3-11-27-18-7-5-4-6-16(18)13-23-21(22-2)24-14-20(26)25-10-8-19-17(15-25)9-12-28-19;/h3-7,9,12H,1,8,10-11,13-15H2,2H3,(H2,22,23,24);1H. The summed E-state index contributed by atoms with van der Waals surface area (Å²) in [5, 5.41) is 8.44. The highest BCUT2D eigenvalue weighted by Gasteiger charge is 2.21. The molecule has 2 aromatic rings. The maximum absolute atomic E-state index is 12.6. The average Bonchev–Trinajstić information content (AvgIpc) is 3.20. The smallest absolute Gasteiger partial charge is 0.242 e. The minimum absolute atomic E-state index is 0. The molecule has 0 spiro atoms. The zero-order valence-electron chi connectivity index (χ0n) is 16.5. The number of nitrogens with one attached hydrogen (secondary N) is 2. The molecule has 1 aliphatic heterocycles. The van der Waals surface area contributed by atoms with Crippen LogP contribution in [0.3, 0.4) is 0 Å². The summed E-state index contributed by atoms with van der Waals surface area (Å²) in [6.45, 7) is 6.36. The second-order valence-corrected chi connectivity index (χ2v) is 7.42. The van der Waals surface area contributed by atoms with Gasteiger partial charge < -0.3 is 20.3 Å². The third-order valence-corrected chi connectivity index (χ3v) is 5.59. The van der Waals surface area contributed by atoms with E-state index in [0.717, 1.165) is 24.3 Å². The van der Waals surface area contributed by atoms with Crippen molar-refractivity contribution in [1.29, 1.82) is 0 Å². The maximum atomic E-state index is 12.6. The quantitative estimate of drug-likeness (QED) is 0.252. The summed E-state index contributed by atoms with van der Waals surface area (Å²) in [5.41, 5.74) is 2.28. The monoisotopic (exact) mass is 526 g/mol. The van der Waals surface area contributed by atoms with E-state index in [9.17, 15) is 4.79 Å². The number of amides is 1. The highest BCUT2D eigenvalue weighted by Crippen LogP contribution is 2.23. The van der Waals surface area contributed by atoms with Crippen LogP contribution in [0.2, 0.25) is 0 Å². The molecule has 0 atom stereocenters. The van der Waals surface area contributed by atoms with Crippen molar-refractivity contribution in [1.82, 2.24) is 15.5 Å². The predicted molar refractivity (Wildman–Crippen MR) is 129 cm³/mol. The lowest BCUT2D eigenvalue weighted by Gasteiger charge is -2.27. The van der Waals surface area contributed by atoms with Crippen LogP contribution in [0.4, 0.5) is 0 Å². The van der Waals surface area contributed by atoms with E-state index in [-0.39, 0.29) is 36.4 Å². The van der Waals surface area contributed by atoms with Crippen LogP contribution in [-0.2, 0) is 24.3 Å². The van der Waals surface area contributed by atoms with E-state index in [2.05, 4.69) is 33.7 Å². The normalized spacial score (nSPS) is 13.1. The summed E-state index contributed by atoms with van der Waals surface area (Å²) in [7, 11) is 1.69. The van der Waals surface area contributed by atoms with Crippen LogP contribution in [-0.4, -0.2) is 43.5 Å². The van der Waals surface area contributed by atoms with Crippen molar-refractivity contribution in [2.75, 3.05) is 26.7 Å². The summed E-state index contributed by atoms with van der Waals surface area (Å²) in [6, 6.07) is 9.93. The minimum Gasteiger partial charge on any atom is -0.489 e. The Morgan fingerprint density at radius 3 is 2.97 bits per heavy atom. The number of nitrogens with zero attached hydrogens (tertiary/aromatic N) is 2. The number of ether oxygens (including phenoxy) is 1. The summed E-state index contributed by atoms with van der Waals surface area (Å²) in [5.74, 6) is 1.47. The molecule has 0 bridgehead atoms. The SMILES string of the molecule is C=CCOc1ccccc1CNC(=NC)NCC(=O)N1CCc2sccc2C1.I. The van der Waals surface area contributed by atoms with Crippen LogP contribution in [0.1, 0.15) is 16.0 Å². The molecule has 2 heterocycles. The Kier molecular flexibility index (Phi) is 9.46. The van der Waals surface area contributed by atoms with Gasteiger partial charge in [0.1, 0.15) is 12.4 Å². The van der Waals surface area contributed by atoms with Crippen molar-refractivity contribution < 1.29 is 9.53 Å². The van der Waals surface area contributed by atoms with Crippen LogP contribution in [0.5, 0.6) is 5.75 Å². The molecule has 1 aromatic heterocycles. The third-order valence-electron chi connectivity index (χ3n) is 4.57. The molecule has 8 heteroatoms. The van der Waals surface area contributed by atoms with Gasteiger partial charge in [-0.1, -0.05) is 30.9 Å². The van der Waals surface area contributed by atoms with Crippen LogP contribution < -0.4 is 15.4 Å². The zero-order chi connectivity index (χ0) is 19.8. The largest absolute Gasteiger partial charge is 0.489 e. The van der Waals surface area contributed by atoms with Gasteiger partial charge in [0.05, 0.1) is 6.54 Å². The number of benzene rings is 1. The summed E-state index contributed by atoms with van der Waals surface area (Å²) < 4.78 is 5.67. The van der Waals surface area contributed by atoms with Crippen LogP contribution in [0.25, 0.3) is 0 Å². The van der Waals surface area contributed by atoms with Gasteiger partial charge in [0.2, 0.25) is 5.91 Å². The van der Waals surface area contributed by atoms with Gasteiger partial charge >= 0.3 is 0 Å². The molecule has 0 fully saturated rings. The number of thiophene rings is 1. The fourth-order valence-electron chi connectivity index (χ4n) is 3.07. The topological polar surface area (TPSA) is 66.0 Å². The van der Waals surface area contributed by atoms with Gasteiger partial charge in [0, 0.05) is 37.1 Å². The molecule has 156 valence electrons. The number of fused-ring (bicyclic) bond motifs is 1. The number of para-hydroxylation sites is 1. The number of guanidine groups is 1. The first kappa shape index (κ1) is 23.2. The van der Waals surface area contributed by atoms with E-state index in [1.807, 2.05) is 29.2 Å². The van der Waals surface area contributed by atoms with Crippen molar-refractivity contribution in [2.45, 2.75) is 19.5 Å². The van der Waals surface area contributed by atoms with Crippen LogP contribution in [0.15, 0.2) is 53.4 Å². The Morgan fingerprint density at radius 2 is 2.17 bits per heavy atom. The Hall–Kier alpha value is -2.07. The average molecular weight is 526 g/mol. The van der Waals surface area contributed by atoms with E-state index < -0.39 is 0 Å². The Balaban J connectivity index is 0.00000300.